The molecule has 1 amide bonds. The molecule has 0 unspecified atom stereocenters. The van der Waals surface area contributed by atoms with Crippen LogP contribution in [-0.4, -0.2) is 30.4 Å². The molecule has 2 N–H and O–H groups in total. The minimum absolute atomic E-state index is 0.0573. The van der Waals surface area contributed by atoms with E-state index in [9.17, 15) is 4.79 Å². The predicted molar refractivity (Wildman–Crippen MR) is 48.6 cm³/mol. The van der Waals surface area contributed by atoms with Crippen LogP contribution in [0, 0.1) is 5.92 Å². The van der Waals surface area contributed by atoms with Gasteiger partial charge in [-0.3, -0.25) is 4.79 Å². The highest BCUT2D eigenvalue weighted by Crippen LogP contribution is 2.26. The van der Waals surface area contributed by atoms with Crippen LogP contribution in [-0.2, 0) is 4.79 Å². The molecule has 1 rings (SSSR count). The van der Waals surface area contributed by atoms with Gasteiger partial charge in [0.25, 0.3) is 0 Å². The summed E-state index contributed by atoms with van der Waals surface area (Å²) in [6, 6.07) is -0.352. The van der Waals surface area contributed by atoms with Crippen LogP contribution >= 0.6 is 0 Å². The second-order valence-corrected chi connectivity index (χ2v) is 3.80. The first-order valence-electron chi connectivity index (χ1n) is 4.62. The fraction of sp³-hybridized carbons (Fsp3) is 0.889. The van der Waals surface area contributed by atoms with Gasteiger partial charge in [0, 0.05) is 13.6 Å². The van der Waals surface area contributed by atoms with Gasteiger partial charge in [-0.1, -0.05) is 6.42 Å². The molecule has 70 valence electrons. The summed E-state index contributed by atoms with van der Waals surface area (Å²) in [6.07, 6.45) is 3.87. The van der Waals surface area contributed by atoms with Crippen LogP contribution in [0.4, 0.5) is 0 Å². The SMILES string of the molecule is C[C@@H](N)C(=O)N(C)CC1CCC1. The normalized spacial score (nSPS) is 19.9. The summed E-state index contributed by atoms with van der Waals surface area (Å²) in [6.45, 7) is 2.62. The van der Waals surface area contributed by atoms with Crippen LogP contribution in [0.1, 0.15) is 26.2 Å². The summed E-state index contributed by atoms with van der Waals surface area (Å²) in [5, 5.41) is 0. The lowest BCUT2D eigenvalue weighted by Gasteiger charge is -2.30. The maximum Gasteiger partial charge on any atom is 0.238 e. The van der Waals surface area contributed by atoms with Crippen molar-refractivity contribution in [3.8, 4) is 0 Å². The number of rotatable bonds is 3. The number of carbonyl (C=O) groups excluding carboxylic acids is 1. The number of hydrogen-bond acceptors (Lipinski definition) is 2. The van der Waals surface area contributed by atoms with E-state index in [1.165, 1.54) is 19.3 Å². The molecule has 0 heterocycles. The van der Waals surface area contributed by atoms with E-state index in [1.807, 2.05) is 7.05 Å². The van der Waals surface area contributed by atoms with E-state index in [2.05, 4.69) is 0 Å². The lowest BCUT2D eigenvalue weighted by Crippen LogP contribution is -2.42. The fourth-order valence-electron chi connectivity index (χ4n) is 1.50. The summed E-state index contributed by atoms with van der Waals surface area (Å²) in [4.78, 5) is 13.1. The minimum Gasteiger partial charge on any atom is -0.344 e. The Bertz CT molecular complexity index is 164. The van der Waals surface area contributed by atoms with Crippen LogP contribution in [0.15, 0.2) is 0 Å². The molecule has 0 spiro atoms. The number of hydrogen-bond donors (Lipinski definition) is 1. The molecule has 0 aromatic carbocycles. The van der Waals surface area contributed by atoms with Crippen molar-refractivity contribution in [3.63, 3.8) is 0 Å². The van der Waals surface area contributed by atoms with E-state index in [0.717, 1.165) is 12.5 Å². The van der Waals surface area contributed by atoms with Gasteiger partial charge in [0.2, 0.25) is 5.91 Å². The van der Waals surface area contributed by atoms with Crippen LogP contribution < -0.4 is 5.73 Å². The Kier molecular flexibility index (Phi) is 3.09. The number of amides is 1. The van der Waals surface area contributed by atoms with Crippen molar-refractivity contribution in [2.75, 3.05) is 13.6 Å². The van der Waals surface area contributed by atoms with Crippen molar-refractivity contribution in [2.45, 2.75) is 32.2 Å². The van der Waals surface area contributed by atoms with Gasteiger partial charge < -0.3 is 10.6 Å². The molecule has 0 aliphatic heterocycles. The highest BCUT2D eigenvalue weighted by atomic mass is 16.2. The minimum atomic E-state index is -0.352. The van der Waals surface area contributed by atoms with Crippen LogP contribution in [0.5, 0.6) is 0 Å². The summed E-state index contributed by atoms with van der Waals surface area (Å²) in [5.74, 6) is 0.791. The van der Waals surface area contributed by atoms with Gasteiger partial charge in [-0.15, -0.1) is 0 Å². The third-order valence-corrected chi connectivity index (χ3v) is 2.52. The zero-order valence-corrected chi connectivity index (χ0v) is 7.92. The molecular weight excluding hydrogens is 152 g/mol. The Morgan fingerprint density at radius 1 is 1.67 bits per heavy atom. The fourth-order valence-corrected chi connectivity index (χ4v) is 1.50. The summed E-state index contributed by atoms with van der Waals surface area (Å²) < 4.78 is 0. The van der Waals surface area contributed by atoms with Gasteiger partial charge in [0.1, 0.15) is 0 Å². The molecule has 0 aromatic rings. The molecule has 1 aliphatic rings. The molecule has 0 bridgehead atoms. The van der Waals surface area contributed by atoms with Gasteiger partial charge in [0.15, 0.2) is 0 Å². The number of likely N-dealkylation sites (N-methyl/N-ethyl adjacent to an activating group) is 1. The van der Waals surface area contributed by atoms with Crippen molar-refractivity contribution in [2.24, 2.45) is 11.7 Å². The predicted octanol–water partition coefficient (Wildman–Crippen LogP) is 0.592. The number of nitrogens with two attached hydrogens (primary N) is 1. The summed E-state index contributed by atoms with van der Waals surface area (Å²) >= 11 is 0. The van der Waals surface area contributed by atoms with Crippen LogP contribution in [0.3, 0.4) is 0 Å². The molecule has 0 aromatic heterocycles. The highest BCUT2D eigenvalue weighted by molar-refractivity contribution is 5.80. The average molecular weight is 170 g/mol. The average Bonchev–Trinajstić information content (AvgIpc) is 1.94. The summed E-state index contributed by atoms with van der Waals surface area (Å²) in [7, 11) is 1.84. The first-order chi connectivity index (χ1) is 5.61. The second kappa shape index (κ2) is 3.90. The van der Waals surface area contributed by atoms with Crippen molar-refractivity contribution in [3.05, 3.63) is 0 Å². The largest absolute Gasteiger partial charge is 0.344 e. The van der Waals surface area contributed by atoms with E-state index >= 15 is 0 Å². The molecule has 12 heavy (non-hydrogen) atoms. The zero-order valence-electron chi connectivity index (χ0n) is 7.92. The van der Waals surface area contributed by atoms with Crippen molar-refractivity contribution >= 4 is 5.91 Å². The third-order valence-electron chi connectivity index (χ3n) is 2.52. The monoisotopic (exact) mass is 170 g/mol. The van der Waals surface area contributed by atoms with Crippen molar-refractivity contribution in [1.29, 1.82) is 0 Å². The first-order valence-corrected chi connectivity index (χ1v) is 4.62. The van der Waals surface area contributed by atoms with Gasteiger partial charge in [-0.05, 0) is 25.7 Å². The highest BCUT2D eigenvalue weighted by Gasteiger charge is 2.22. The Morgan fingerprint density at radius 3 is 2.58 bits per heavy atom. The van der Waals surface area contributed by atoms with Crippen molar-refractivity contribution < 1.29 is 4.79 Å². The van der Waals surface area contributed by atoms with Gasteiger partial charge in [-0.25, -0.2) is 0 Å². The second-order valence-electron chi connectivity index (χ2n) is 3.80. The van der Waals surface area contributed by atoms with Gasteiger partial charge in [0.05, 0.1) is 6.04 Å². The van der Waals surface area contributed by atoms with E-state index < -0.39 is 0 Å². The Balaban J connectivity index is 2.26. The van der Waals surface area contributed by atoms with Gasteiger partial charge in [-0.2, -0.15) is 0 Å². The molecule has 3 nitrogen and oxygen atoms in total. The number of nitrogens with zero attached hydrogens (tertiary/aromatic N) is 1. The lowest BCUT2D eigenvalue weighted by molar-refractivity contribution is -0.131. The summed E-state index contributed by atoms with van der Waals surface area (Å²) in [5.41, 5.74) is 5.48. The van der Waals surface area contributed by atoms with Gasteiger partial charge >= 0.3 is 0 Å². The molecule has 1 atom stereocenters. The van der Waals surface area contributed by atoms with Crippen molar-refractivity contribution in [1.82, 2.24) is 4.90 Å². The molecular formula is C9H18N2O. The maximum atomic E-state index is 11.3. The van der Waals surface area contributed by atoms with E-state index in [-0.39, 0.29) is 11.9 Å². The Hall–Kier alpha value is -0.570. The lowest BCUT2D eigenvalue weighted by atomic mass is 9.85. The standard InChI is InChI=1S/C9H18N2O/c1-7(10)9(12)11(2)6-8-4-3-5-8/h7-8H,3-6,10H2,1-2H3/t7-/m1/s1. The topological polar surface area (TPSA) is 46.3 Å². The molecule has 3 heteroatoms. The molecule has 0 saturated heterocycles. The molecule has 1 saturated carbocycles. The smallest absolute Gasteiger partial charge is 0.238 e. The molecule has 1 fully saturated rings. The maximum absolute atomic E-state index is 11.3. The Morgan fingerprint density at radius 2 is 2.25 bits per heavy atom. The zero-order chi connectivity index (χ0) is 9.14. The quantitative estimate of drug-likeness (QED) is 0.674. The Labute approximate surface area is 73.9 Å². The van der Waals surface area contributed by atoms with Crippen LogP contribution in [0.25, 0.3) is 0 Å². The third kappa shape index (κ3) is 2.21. The van der Waals surface area contributed by atoms with Crippen LogP contribution in [0.2, 0.25) is 0 Å². The molecule has 1 aliphatic carbocycles. The molecule has 0 radical (unpaired) electrons. The first kappa shape index (κ1) is 9.52. The van der Waals surface area contributed by atoms with E-state index in [1.54, 1.807) is 11.8 Å². The van der Waals surface area contributed by atoms with E-state index in [0.29, 0.717) is 0 Å². The number of carbonyl (C=O) groups is 1. The van der Waals surface area contributed by atoms with E-state index in [4.69, 9.17) is 5.73 Å².